The highest BCUT2D eigenvalue weighted by atomic mass is 127. The highest BCUT2D eigenvalue weighted by Gasteiger charge is 2.12. The van der Waals surface area contributed by atoms with E-state index in [1.54, 1.807) is 12.1 Å². The van der Waals surface area contributed by atoms with E-state index in [9.17, 15) is 9.18 Å². The maximum Gasteiger partial charge on any atom is 0.246 e. The highest BCUT2D eigenvalue weighted by molar-refractivity contribution is 14.0. The first-order valence-corrected chi connectivity index (χ1v) is 6.92. The van der Waals surface area contributed by atoms with Crippen LogP contribution in [0.4, 0.5) is 10.1 Å². The standard InChI is InChI=1S/C15H23FN4O.HI/c1-5-17-14(20-15(2,3)4)18-10-13(21)19-12-8-6-7-11(16)9-12;/h6-9H,5,10H2,1-4H3,(H,19,21)(H2,17,18,20);1H. The number of hydrogen-bond donors (Lipinski definition) is 3. The van der Waals surface area contributed by atoms with Crippen molar-refractivity contribution >= 4 is 41.5 Å². The van der Waals surface area contributed by atoms with Crippen molar-refractivity contribution in [1.29, 1.82) is 0 Å². The van der Waals surface area contributed by atoms with Gasteiger partial charge in [0.2, 0.25) is 5.91 Å². The zero-order chi connectivity index (χ0) is 15.9. The molecule has 1 rings (SSSR count). The number of nitrogens with zero attached hydrogens (tertiary/aromatic N) is 1. The van der Waals surface area contributed by atoms with Gasteiger partial charge in [-0.05, 0) is 45.9 Å². The van der Waals surface area contributed by atoms with Crippen LogP contribution in [0.25, 0.3) is 0 Å². The Morgan fingerprint density at radius 3 is 2.55 bits per heavy atom. The summed E-state index contributed by atoms with van der Waals surface area (Å²) in [5, 5.41) is 8.85. The summed E-state index contributed by atoms with van der Waals surface area (Å²) in [6.07, 6.45) is 0. The Morgan fingerprint density at radius 2 is 2.00 bits per heavy atom. The molecule has 3 N–H and O–H groups in total. The van der Waals surface area contributed by atoms with E-state index in [4.69, 9.17) is 0 Å². The van der Waals surface area contributed by atoms with Crippen molar-refractivity contribution in [3.05, 3.63) is 30.1 Å². The van der Waals surface area contributed by atoms with E-state index < -0.39 is 0 Å². The van der Waals surface area contributed by atoms with Gasteiger partial charge in [-0.15, -0.1) is 24.0 Å². The van der Waals surface area contributed by atoms with E-state index in [0.29, 0.717) is 18.2 Å². The molecule has 0 radical (unpaired) electrons. The Hall–Kier alpha value is -1.38. The van der Waals surface area contributed by atoms with E-state index in [2.05, 4.69) is 20.9 Å². The third-order valence-electron chi connectivity index (χ3n) is 2.33. The number of nitrogens with one attached hydrogen (secondary N) is 3. The molecule has 1 aromatic carbocycles. The Bertz CT molecular complexity index is 515. The minimum Gasteiger partial charge on any atom is -0.357 e. The largest absolute Gasteiger partial charge is 0.357 e. The molecule has 1 amide bonds. The van der Waals surface area contributed by atoms with Crippen LogP contribution in [0.3, 0.4) is 0 Å². The molecule has 22 heavy (non-hydrogen) atoms. The predicted octanol–water partition coefficient (Wildman–Crippen LogP) is 2.74. The molecule has 0 aliphatic rings. The zero-order valence-corrected chi connectivity index (χ0v) is 15.7. The smallest absolute Gasteiger partial charge is 0.246 e. The average Bonchev–Trinajstić information content (AvgIpc) is 2.34. The summed E-state index contributed by atoms with van der Waals surface area (Å²) >= 11 is 0. The van der Waals surface area contributed by atoms with Gasteiger partial charge in [0.1, 0.15) is 12.4 Å². The zero-order valence-electron chi connectivity index (χ0n) is 13.4. The van der Waals surface area contributed by atoms with Gasteiger partial charge in [0.25, 0.3) is 0 Å². The van der Waals surface area contributed by atoms with Gasteiger partial charge in [-0.2, -0.15) is 0 Å². The number of benzene rings is 1. The monoisotopic (exact) mass is 422 g/mol. The first-order valence-electron chi connectivity index (χ1n) is 6.92. The predicted molar refractivity (Wildman–Crippen MR) is 99.3 cm³/mol. The van der Waals surface area contributed by atoms with Crippen LogP contribution in [0.1, 0.15) is 27.7 Å². The van der Waals surface area contributed by atoms with Crippen LogP contribution >= 0.6 is 24.0 Å². The number of carbonyl (C=O) groups excluding carboxylic acids is 1. The Morgan fingerprint density at radius 1 is 1.32 bits per heavy atom. The van der Waals surface area contributed by atoms with Gasteiger partial charge in [0.05, 0.1) is 0 Å². The van der Waals surface area contributed by atoms with Crippen molar-refractivity contribution in [3.8, 4) is 0 Å². The fourth-order valence-electron chi connectivity index (χ4n) is 1.58. The van der Waals surface area contributed by atoms with Gasteiger partial charge >= 0.3 is 0 Å². The van der Waals surface area contributed by atoms with E-state index in [1.165, 1.54) is 12.1 Å². The summed E-state index contributed by atoms with van der Waals surface area (Å²) in [5.41, 5.74) is 0.268. The summed E-state index contributed by atoms with van der Waals surface area (Å²) in [6.45, 7) is 8.63. The first kappa shape index (κ1) is 20.6. The maximum atomic E-state index is 13.0. The van der Waals surface area contributed by atoms with Crippen LogP contribution in [0.2, 0.25) is 0 Å². The Labute approximate surface area is 148 Å². The molecule has 0 aromatic heterocycles. The molecule has 0 fully saturated rings. The quantitative estimate of drug-likeness (QED) is 0.397. The van der Waals surface area contributed by atoms with Crippen molar-refractivity contribution in [2.45, 2.75) is 33.2 Å². The number of carbonyl (C=O) groups is 1. The molecular formula is C15H24FIN4O. The molecule has 0 unspecified atom stereocenters. The fourth-order valence-corrected chi connectivity index (χ4v) is 1.58. The number of anilines is 1. The molecule has 0 atom stereocenters. The molecule has 0 heterocycles. The minimum atomic E-state index is -0.390. The molecule has 0 bridgehead atoms. The number of amides is 1. The van der Waals surface area contributed by atoms with Gasteiger partial charge in [-0.1, -0.05) is 6.07 Å². The molecule has 0 aliphatic heterocycles. The van der Waals surface area contributed by atoms with Crippen LogP contribution in [0.5, 0.6) is 0 Å². The van der Waals surface area contributed by atoms with E-state index in [-0.39, 0.29) is 47.8 Å². The van der Waals surface area contributed by atoms with E-state index in [0.717, 1.165) is 0 Å². The second kappa shape index (κ2) is 9.60. The van der Waals surface area contributed by atoms with E-state index >= 15 is 0 Å². The normalized spacial score (nSPS) is 11.4. The Balaban J connectivity index is 0.00000441. The molecule has 5 nitrogen and oxygen atoms in total. The molecule has 0 saturated carbocycles. The van der Waals surface area contributed by atoms with Gasteiger partial charge in [0, 0.05) is 17.8 Å². The second-order valence-corrected chi connectivity index (χ2v) is 5.63. The molecular weight excluding hydrogens is 398 g/mol. The van der Waals surface area contributed by atoms with Crippen LogP contribution in [-0.2, 0) is 4.79 Å². The summed E-state index contributed by atoms with van der Waals surface area (Å²) in [6, 6.07) is 5.76. The van der Waals surface area contributed by atoms with Crippen LogP contribution in [-0.4, -0.2) is 30.5 Å². The number of hydrogen-bond acceptors (Lipinski definition) is 2. The lowest BCUT2D eigenvalue weighted by atomic mass is 10.1. The fraction of sp³-hybridized carbons (Fsp3) is 0.467. The van der Waals surface area contributed by atoms with Crippen molar-refractivity contribution in [2.75, 3.05) is 18.4 Å². The summed E-state index contributed by atoms with van der Waals surface area (Å²) in [5.74, 6) is -0.120. The molecule has 0 spiro atoms. The molecule has 0 saturated heterocycles. The van der Waals surface area contributed by atoms with Crippen molar-refractivity contribution in [1.82, 2.24) is 10.6 Å². The maximum absolute atomic E-state index is 13.0. The summed E-state index contributed by atoms with van der Waals surface area (Å²) in [7, 11) is 0. The molecule has 0 aliphatic carbocycles. The van der Waals surface area contributed by atoms with Gasteiger partial charge < -0.3 is 16.0 Å². The van der Waals surface area contributed by atoms with Crippen molar-refractivity contribution < 1.29 is 9.18 Å². The third-order valence-corrected chi connectivity index (χ3v) is 2.33. The third kappa shape index (κ3) is 8.81. The van der Waals surface area contributed by atoms with E-state index in [1.807, 2.05) is 27.7 Å². The highest BCUT2D eigenvalue weighted by Crippen LogP contribution is 2.08. The lowest BCUT2D eigenvalue weighted by molar-refractivity contribution is -0.114. The molecule has 7 heteroatoms. The lowest BCUT2D eigenvalue weighted by Crippen LogP contribution is -2.47. The van der Waals surface area contributed by atoms with Crippen LogP contribution < -0.4 is 16.0 Å². The van der Waals surface area contributed by atoms with Crippen molar-refractivity contribution in [3.63, 3.8) is 0 Å². The number of halogens is 2. The molecule has 124 valence electrons. The molecule has 1 aromatic rings. The minimum absolute atomic E-state index is 0. The number of rotatable bonds is 4. The van der Waals surface area contributed by atoms with Crippen molar-refractivity contribution in [2.24, 2.45) is 4.99 Å². The Kier molecular flexibility index (Phi) is 9.00. The topological polar surface area (TPSA) is 65.5 Å². The lowest BCUT2D eigenvalue weighted by Gasteiger charge is -2.23. The van der Waals surface area contributed by atoms with Crippen LogP contribution in [0, 0.1) is 5.82 Å². The average molecular weight is 422 g/mol. The van der Waals surface area contributed by atoms with Crippen LogP contribution in [0.15, 0.2) is 29.3 Å². The first-order chi connectivity index (χ1) is 9.80. The number of guanidine groups is 1. The summed E-state index contributed by atoms with van der Waals surface area (Å²) in [4.78, 5) is 16.0. The summed E-state index contributed by atoms with van der Waals surface area (Å²) < 4.78 is 13.0. The van der Waals surface area contributed by atoms with Gasteiger partial charge in [-0.3, -0.25) is 4.79 Å². The second-order valence-electron chi connectivity index (χ2n) is 5.63. The van der Waals surface area contributed by atoms with Gasteiger partial charge in [0.15, 0.2) is 5.96 Å². The number of aliphatic imine (C=N–C) groups is 1. The SMILES string of the molecule is CCNC(=NCC(=O)Nc1cccc(F)c1)NC(C)(C)C.I. The van der Waals surface area contributed by atoms with Gasteiger partial charge in [-0.25, -0.2) is 9.38 Å².